The number of ketones is 1. The lowest BCUT2D eigenvalue weighted by Gasteiger charge is -2.23. The predicted molar refractivity (Wildman–Crippen MR) is 135 cm³/mol. The average Bonchev–Trinajstić information content (AvgIpc) is 3.58. The summed E-state index contributed by atoms with van der Waals surface area (Å²) in [5.74, 6) is 0.260. The van der Waals surface area contributed by atoms with Crippen LogP contribution >= 0.6 is 0 Å². The Morgan fingerprint density at radius 2 is 1.47 bits per heavy atom. The van der Waals surface area contributed by atoms with Gasteiger partial charge in [0, 0.05) is 13.0 Å². The number of halogens is 2. The summed E-state index contributed by atoms with van der Waals surface area (Å²) in [4.78, 5) is 32.1. The van der Waals surface area contributed by atoms with Gasteiger partial charge in [0.2, 0.25) is 5.91 Å². The van der Waals surface area contributed by atoms with Gasteiger partial charge in [0.25, 0.3) is 0 Å². The van der Waals surface area contributed by atoms with Gasteiger partial charge in [0.05, 0.1) is 6.04 Å². The van der Waals surface area contributed by atoms with E-state index in [-0.39, 0.29) is 42.2 Å². The van der Waals surface area contributed by atoms with Crippen molar-refractivity contribution in [1.82, 2.24) is 19.7 Å². The van der Waals surface area contributed by atoms with Crippen molar-refractivity contribution in [3.05, 3.63) is 108 Å². The van der Waals surface area contributed by atoms with Crippen molar-refractivity contribution in [1.29, 1.82) is 0 Å². The van der Waals surface area contributed by atoms with E-state index in [9.17, 15) is 18.4 Å². The first-order valence-electron chi connectivity index (χ1n) is 12.3. The number of aromatic nitrogens is 3. The molecule has 2 atom stereocenters. The minimum atomic E-state index is -0.563. The molecule has 0 spiro atoms. The Bertz CT molecular complexity index is 1380. The smallest absolute Gasteiger partial charge is 0.244 e. The van der Waals surface area contributed by atoms with Crippen LogP contribution in [0.1, 0.15) is 17.5 Å². The molecule has 7 nitrogen and oxygen atoms in total. The topological polar surface area (TPSA) is 77.3 Å². The Labute approximate surface area is 218 Å². The van der Waals surface area contributed by atoms with Gasteiger partial charge in [-0.3, -0.25) is 9.59 Å². The zero-order valence-corrected chi connectivity index (χ0v) is 20.5. The van der Waals surface area contributed by atoms with E-state index in [1.807, 2.05) is 12.1 Å². The highest BCUT2D eigenvalue weighted by Gasteiger charge is 2.39. The Morgan fingerprint density at radius 1 is 0.868 bits per heavy atom. The van der Waals surface area contributed by atoms with E-state index < -0.39 is 6.04 Å². The average molecular weight is 517 g/mol. The highest BCUT2D eigenvalue weighted by Crippen LogP contribution is 2.29. The second-order valence-electron chi connectivity index (χ2n) is 9.43. The predicted octanol–water partition coefficient (Wildman–Crippen LogP) is 4.62. The molecule has 9 heteroatoms. The third-order valence-corrected chi connectivity index (χ3v) is 6.63. The van der Waals surface area contributed by atoms with Gasteiger partial charge in [-0.1, -0.05) is 24.3 Å². The number of Topliss-reactive ketones (excluding diaryl/α,β-unsaturated/α-hetero) is 1. The van der Waals surface area contributed by atoms with Gasteiger partial charge < -0.3 is 9.64 Å². The number of ether oxygens (including phenoxy) is 1. The summed E-state index contributed by atoms with van der Waals surface area (Å²) in [6, 6.07) is 18.6. The van der Waals surface area contributed by atoms with Crippen LogP contribution in [0, 0.1) is 17.6 Å². The molecular formula is C29H26F2N4O3. The number of carbonyl (C=O) groups is 2. The summed E-state index contributed by atoms with van der Waals surface area (Å²) >= 11 is 0. The number of hydrogen-bond acceptors (Lipinski definition) is 5. The molecule has 1 aromatic heterocycles. The SMILES string of the molecule is O=C(Cc1ccc(Oc2ccc(F)cc2)cc1)[C@@H]1C[C@@H](Cc2ccc(F)cc2)CN1C(=O)Cn1cncn1. The van der Waals surface area contributed by atoms with E-state index >= 15 is 0 Å². The van der Waals surface area contributed by atoms with Crippen LogP contribution in [0.2, 0.25) is 0 Å². The van der Waals surface area contributed by atoms with Crippen molar-refractivity contribution in [2.24, 2.45) is 5.92 Å². The van der Waals surface area contributed by atoms with Crippen molar-refractivity contribution in [3.8, 4) is 11.5 Å². The van der Waals surface area contributed by atoms with Crippen molar-refractivity contribution >= 4 is 11.7 Å². The third kappa shape index (κ3) is 6.29. The first kappa shape index (κ1) is 25.3. The van der Waals surface area contributed by atoms with E-state index in [2.05, 4.69) is 10.1 Å². The molecule has 1 aliphatic rings. The van der Waals surface area contributed by atoms with Crippen LogP contribution < -0.4 is 4.74 Å². The van der Waals surface area contributed by atoms with E-state index in [0.717, 1.165) is 11.1 Å². The molecule has 0 N–H and O–H groups in total. The van der Waals surface area contributed by atoms with Gasteiger partial charge in [0.15, 0.2) is 5.78 Å². The van der Waals surface area contributed by atoms with E-state index in [1.54, 1.807) is 41.3 Å². The summed E-state index contributed by atoms with van der Waals surface area (Å²) in [6.07, 6.45) is 4.17. The number of rotatable bonds is 9. The number of amides is 1. The molecule has 1 saturated heterocycles. The van der Waals surface area contributed by atoms with Crippen LogP contribution in [0.25, 0.3) is 0 Å². The van der Waals surface area contributed by atoms with Gasteiger partial charge in [0.1, 0.15) is 42.3 Å². The van der Waals surface area contributed by atoms with Crippen LogP contribution in [0.15, 0.2) is 85.5 Å². The van der Waals surface area contributed by atoms with Crippen molar-refractivity contribution in [2.45, 2.75) is 31.8 Å². The molecule has 1 fully saturated rings. The molecule has 194 valence electrons. The maximum absolute atomic E-state index is 13.4. The van der Waals surface area contributed by atoms with E-state index in [1.165, 1.54) is 41.6 Å². The summed E-state index contributed by atoms with van der Waals surface area (Å²) in [7, 11) is 0. The summed E-state index contributed by atoms with van der Waals surface area (Å²) in [6.45, 7) is 0.439. The molecule has 5 rings (SSSR count). The quantitative estimate of drug-likeness (QED) is 0.325. The van der Waals surface area contributed by atoms with Gasteiger partial charge in [-0.15, -0.1) is 0 Å². The van der Waals surface area contributed by atoms with Crippen LogP contribution in [-0.4, -0.2) is 43.9 Å². The lowest BCUT2D eigenvalue weighted by atomic mass is 9.94. The van der Waals surface area contributed by atoms with Crippen molar-refractivity contribution in [2.75, 3.05) is 6.54 Å². The lowest BCUT2D eigenvalue weighted by Crippen LogP contribution is -2.42. The summed E-state index contributed by atoms with van der Waals surface area (Å²) in [5, 5.41) is 4.01. The monoisotopic (exact) mass is 516 g/mol. The molecule has 0 saturated carbocycles. The molecule has 0 aliphatic carbocycles. The molecule has 2 heterocycles. The second kappa shape index (κ2) is 11.3. The molecule has 0 unspecified atom stereocenters. The van der Waals surface area contributed by atoms with Crippen LogP contribution in [0.5, 0.6) is 11.5 Å². The number of likely N-dealkylation sites (tertiary alicyclic amines) is 1. The molecule has 38 heavy (non-hydrogen) atoms. The maximum atomic E-state index is 13.4. The highest BCUT2D eigenvalue weighted by molar-refractivity contribution is 5.91. The standard InChI is InChI=1S/C29H26F2N4O3/c30-23-5-1-20(2-6-23)13-22-14-27(35(16-22)29(37)17-34-19-32-18-33-34)28(36)15-21-3-9-25(10-4-21)38-26-11-7-24(31)8-12-26/h1-12,18-19,22,27H,13-17H2/t22-,27+/m1/s1. The van der Waals surface area contributed by atoms with Gasteiger partial charge in [-0.05, 0) is 78.4 Å². The number of nitrogens with zero attached hydrogens (tertiary/aromatic N) is 4. The van der Waals surface area contributed by atoms with E-state index in [4.69, 9.17) is 4.74 Å². The fraction of sp³-hybridized carbons (Fsp3) is 0.241. The van der Waals surface area contributed by atoms with Crippen molar-refractivity contribution in [3.63, 3.8) is 0 Å². The molecule has 0 bridgehead atoms. The zero-order chi connectivity index (χ0) is 26.5. The molecule has 3 aromatic carbocycles. The molecule has 1 aliphatic heterocycles. The first-order chi connectivity index (χ1) is 18.4. The fourth-order valence-corrected chi connectivity index (χ4v) is 4.78. The molecule has 0 radical (unpaired) electrons. The maximum Gasteiger partial charge on any atom is 0.244 e. The largest absolute Gasteiger partial charge is 0.457 e. The number of hydrogen-bond donors (Lipinski definition) is 0. The Balaban J connectivity index is 1.26. The van der Waals surface area contributed by atoms with Crippen molar-refractivity contribution < 1.29 is 23.1 Å². The summed E-state index contributed by atoms with van der Waals surface area (Å²) in [5.41, 5.74) is 1.76. The minimum Gasteiger partial charge on any atom is -0.457 e. The summed E-state index contributed by atoms with van der Waals surface area (Å²) < 4.78 is 33.6. The third-order valence-electron chi connectivity index (χ3n) is 6.63. The second-order valence-corrected chi connectivity index (χ2v) is 9.43. The van der Waals surface area contributed by atoms with Crippen LogP contribution in [-0.2, 0) is 29.0 Å². The molecular weight excluding hydrogens is 490 g/mol. The zero-order valence-electron chi connectivity index (χ0n) is 20.5. The Hall–Kier alpha value is -4.40. The minimum absolute atomic E-state index is 0.00245. The Morgan fingerprint density at radius 3 is 2.11 bits per heavy atom. The van der Waals surface area contributed by atoms with Crippen LogP contribution in [0.3, 0.4) is 0 Å². The van der Waals surface area contributed by atoms with Gasteiger partial charge >= 0.3 is 0 Å². The van der Waals surface area contributed by atoms with Crippen LogP contribution in [0.4, 0.5) is 8.78 Å². The molecule has 4 aromatic rings. The van der Waals surface area contributed by atoms with Gasteiger partial charge in [-0.25, -0.2) is 18.4 Å². The number of carbonyl (C=O) groups excluding carboxylic acids is 2. The first-order valence-corrected chi connectivity index (χ1v) is 12.3. The normalized spacial score (nSPS) is 16.9. The Kier molecular flexibility index (Phi) is 7.53. The lowest BCUT2D eigenvalue weighted by molar-refractivity contribution is -0.138. The number of benzene rings is 3. The van der Waals surface area contributed by atoms with E-state index in [0.29, 0.717) is 30.9 Å². The van der Waals surface area contributed by atoms with Gasteiger partial charge in [-0.2, -0.15) is 5.10 Å². The fourth-order valence-electron chi connectivity index (χ4n) is 4.78. The molecule has 1 amide bonds. The highest BCUT2D eigenvalue weighted by atomic mass is 19.1.